The minimum Gasteiger partial charge on any atom is -0.496 e. The van der Waals surface area contributed by atoms with Crippen molar-refractivity contribution in [2.45, 2.75) is 0 Å². The fraction of sp³-hybridized carbons (Fsp3) is 0.0556. The van der Waals surface area contributed by atoms with Crippen LogP contribution in [0.4, 0.5) is 11.4 Å². The van der Waals surface area contributed by atoms with Crippen molar-refractivity contribution >= 4 is 28.9 Å². The predicted octanol–water partition coefficient (Wildman–Crippen LogP) is 4.77. The van der Waals surface area contributed by atoms with Crippen LogP contribution in [0.15, 0.2) is 59.0 Å². The summed E-state index contributed by atoms with van der Waals surface area (Å²) in [5.74, 6) is 0.125. The molecule has 1 heterocycles. The number of nitrogens with zero attached hydrogens (tertiary/aromatic N) is 1. The largest absolute Gasteiger partial charge is 0.496 e. The van der Waals surface area contributed by atoms with E-state index in [9.17, 15) is 14.9 Å². The van der Waals surface area contributed by atoms with Gasteiger partial charge in [-0.15, -0.1) is 0 Å². The zero-order valence-corrected chi connectivity index (χ0v) is 14.3. The van der Waals surface area contributed by atoms with Crippen molar-refractivity contribution in [1.82, 2.24) is 0 Å². The molecule has 0 aliphatic heterocycles. The van der Waals surface area contributed by atoms with Crippen LogP contribution >= 0.6 is 11.6 Å². The Balaban J connectivity index is 1.86. The van der Waals surface area contributed by atoms with Gasteiger partial charge in [-0.25, -0.2) is 0 Å². The van der Waals surface area contributed by atoms with E-state index >= 15 is 0 Å². The van der Waals surface area contributed by atoms with Gasteiger partial charge in [0.1, 0.15) is 17.2 Å². The highest BCUT2D eigenvalue weighted by Gasteiger charge is 2.20. The van der Waals surface area contributed by atoms with Crippen molar-refractivity contribution < 1.29 is 18.9 Å². The van der Waals surface area contributed by atoms with E-state index in [0.717, 1.165) is 0 Å². The minimum absolute atomic E-state index is 0.00466. The Morgan fingerprint density at radius 3 is 2.65 bits per heavy atom. The molecule has 3 rings (SSSR count). The Kier molecular flexibility index (Phi) is 4.90. The van der Waals surface area contributed by atoms with Crippen LogP contribution in [-0.4, -0.2) is 17.9 Å². The zero-order chi connectivity index (χ0) is 18.7. The molecule has 26 heavy (non-hydrogen) atoms. The number of carbonyl (C=O) groups excluding carboxylic acids is 1. The number of halogens is 1. The van der Waals surface area contributed by atoms with Gasteiger partial charge in [0.05, 0.1) is 23.1 Å². The number of benzene rings is 2. The number of amides is 1. The number of ether oxygens (including phenoxy) is 1. The van der Waals surface area contributed by atoms with E-state index in [1.165, 1.54) is 31.4 Å². The zero-order valence-electron chi connectivity index (χ0n) is 13.6. The molecule has 1 N–H and O–H groups in total. The summed E-state index contributed by atoms with van der Waals surface area (Å²) < 4.78 is 10.5. The van der Waals surface area contributed by atoms with Crippen molar-refractivity contribution in [3.05, 3.63) is 75.5 Å². The molecule has 0 saturated carbocycles. The Labute approximate surface area is 153 Å². The Morgan fingerprint density at radius 1 is 1.19 bits per heavy atom. The van der Waals surface area contributed by atoms with Gasteiger partial charge in [-0.3, -0.25) is 14.9 Å². The molecule has 0 aliphatic carbocycles. The Morgan fingerprint density at radius 2 is 1.96 bits per heavy atom. The number of anilines is 1. The Hall–Kier alpha value is -3.32. The van der Waals surface area contributed by atoms with E-state index in [-0.39, 0.29) is 17.1 Å². The summed E-state index contributed by atoms with van der Waals surface area (Å²) in [5.41, 5.74) is 0.399. The normalized spacial score (nSPS) is 10.4. The third-order valence-corrected chi connectivity index (χ3v) is 3.95. The monoisotopic (exact) mass is 372 g/mol. The molecule has 0 atom stereocenters. The van der Waals surface area contributed by atoms with E-state index in [1.807, 2.05) is 0 Å². The number of hydrogen-bond acceptors (Lipinski definition) is 5. The maximum Gasteiger partial charge on any atom is 0.296 e. The molecule has 0 unspecified atom stereocenters. The second-order valence-electron chi connectivity index (χ2n) is 5.24. The van der Waals surface area contributed by atoms with Crippen molar-refractivity contribution in [3.63, 3.8) is 0 Å². The molecular formula is C18H13ClN2O5. The van der Waals surface area contributed by atoms with Crippen LogP contribution in [0.5, 0.6) is 5.75 Å². The first-order valence-corrected chi connectivity index (χ1v) is 7.86. The highest BCUT2D eigenvalue weighted by atomic mass is 35.5. The van der Waals surface area contributed by atoms with Gasteiger partial charge in [0.2, 0.25) is 0 Å². The highest BCUT2D eigenvalue weighted by molar-refractivity contribution is 6.33. The maximum atomic E-state index is 12.4. The van der Waals surface area contributed by atoms with Gasteiger partial charge in [-0.2, -0.15) is 0 Å². The first kappa shape index (κ1) is 17.5. The second-order valence-corrected chi connectivity index (χ2v) is 5.65. The second kappa shape index (κ2) is 7.28. The van der Waals surface area contributed by atoms with Gasteiger partial charge in [0.15, 0.2) is 5.76 Å². The van der Waals surface area contributed by atoms with Crippen LogP contribution in [0.2, 0.25) is 5.02 Å². The molecule has 0 bridgehead atoms. The molecule has 0 fully saturated rings. The molecule has 1 aromatic heterocycles. The summed E-state index contributed by atoms with van der Waals surface area (Å²) in [6, 6.07) is 14.3. The molecule has 0 spiro atoms. The van der Waals surface area contributed by atoms with Crippen molar-refractivity contribution in [2.75, 3.05) is 12.4 Å². The third-order valence-electron chi connectivity index (χ3n) is 3.62. The first-order chi connectivity index (χ1) is 12.5. The molecule has 132 valence electrons. The van der Waals surface area contributed by atoms with Crippen molar-refractivity contribution in [3.8, 4) is 17.1 Å². The van der Waals surface area contributed by atoms with Crippen molar-refractivity contribution in [2.24, 2.45) is 0 Å². The van der Waals surface area contributed by atoms with E-state index in [4.69, 9.17) is 20.8 Å². The summed E-state index contributed by atoms with van der Waals surface area (Å²) in [4.78, 5) is 23.0. The highest BCUT2D eigenvalue weighted by Crippen LogP contribution is 2.31. The quantitative estimate of drug-likeness (QED) is 0.514. The smallest absolute Gasteiger partial charge is 0.296 e. The fourth-order valence-electron chi connectivity index (χ4n) is 2.34. The van der Waals surface area contributed by atoms with Gasteiger partial charge >= 0.3 is 0 Å². The molecule has 0 radical (unpaired) electrons. The van der Waals surface area contributed by atoms with Crippen LogP contribution in [0.25, 0.3) is 11.3 Å². The number of furan rings is 1. The predicted molar refractivity (Wildman–Crippen MR) is 96.8 cm³/mol. The minimum atomic E-state index is -0.614. The lowest BCUT2D eigenvalue weighted by Crippen LogP contribution is -2.12. The standard InChI is InChI=1S/C18H13ClN2O5/c1-25-11-6-7-14(15(10-11)21(23)24)20-18(22)17-9-8-16(26-17)12-4-2-3-5-13(12)19/h2-10H,1H3,(H,20,22). The molecular weight excluding hydrogens is 360 g/mol. The SMILES string of the molecule is COc1ccc(NC(=O)c2ccc(-c3ccccc3Cl)o2)c([N+](=O)[O-])c1. The summed E-state index contributed by atoms with van der Waals surface area (Å²) in [5, 5.41) is 14.2. The number of rotatable bonds is 5. The summed E-state index contributed by atoms with van der Waals surface area (Å²) in [6.07, 6.45) is 0. The number of nitrogens with one attached hydrogen (secondary N) is 1. The van der Waals surface area contributed by atoms with E-state index in [1.54, 1.807) is 30.3 Å². The average Bonchev–Trinajstić information content (AvgIpc) is 3.12. The summed E-state index contributed by atoms with van der Waals surface area (Å²) in [7, 11) is 1.40. The summed E-state index contributed by atoms with van der Waals surface area (Å²) in [6.45, 7) is 0. The van der Waals surface area contributed by atoms with Crippen LogP contribution < -0.4 is 10.1 Å². The van der Waals surface area contributed by atoms with Crippen molar-refractivity contribution in [1.29, 1.82) is 0 Å². The molecule has 8 heteroatoms. The molecule has 0 aliphatic rings. The number of hydrogen-bond donors (Lipinski definition) is 1. The lowest BCUT2D eigenvalue weighted by Gasteiger charge is -2.06. The van der Waals surface area contributed by atoms with Gasteiger partial charge in [0, 0.05) is 5.56 Å². The van der Waals surface area contributed by atoms with Crippen LogP contribution in [0.1, 0.15) is 10.6 Å². The molecule has 7 nitrogen and oxygen atoms in total. The topological polar surface area (TPSA) is 94.6 Å². The van der Waals surface area contributed by atoms with Gasteiger partial charge in [0.25, 0.3) is 11.6 Å². The van der Waals surface area contributed by atoms with E-state index in [2.05, 4.69) is 5.32 Å². The maximum absolute atomic E-state index is 12.4. The lowest BCUT2D eigenvalue weighted by atomic mass is 10.2. The van der Waals surface area contributed by atoms with Crippen LogP contribution in [0.3, 0.4) is 0 Å². The fourth-order valence-corrected chi connectivity index (χ4v) is 2.57. The molecule has 2 aromatic carbocycles. The first-order valence-electron chi connectivity index (χ1n) is 7.48. The van der Waals surface area contributed by atoms with E-state index < -0.39 is 10.8 Å². The van der Waals surface area contributed by atoms with E-state index in [0.29, 0.717) is 22.1 Å². The van der Waals surface area contributed by atoms with Crippen LogP contribution in [-0.2, 0) is 0 Å². The van der Waals surface area contributed by atoms with Gasteiger partial charge in [-0.05, 0) is 36.4 Å². The van der Waals surface area contributed by atoms with Gasteiger partial charge in [-0.1, -0.05) is 23.7 Å². The average molecular weight is 373 g/mol. The molecule has 1 amide bonds. The number of nitro benzene ring substituents is 1. The Bertz CT molecular complexity index is 983. The van der Waals surface area contributed by atoms with Crippen LogP contribution in [0, 0.1) is 10.1 Å². The lowest BCUT2D eigenvalue weighted by molar-refractivity contribution is -0.384. The third kappa shape index (κ3) is 3.52. The number of methoxy groups -OCH3 is 1. The number of carbonyl (C=O) groups is 1. The van der Waals surface area contributed by atoms with Gasteiger partial charge < -0.3 is 14.5 Å². The molecule has 0 saturated heterocycles. The molecule has 3 aromatic rings. The summed E-state index contributed by atoms with van der Waals surface area (Å²) >= 11 is 6.11. The number of nitro groups is 1.